The van der Waals surface area contributed by atoms with Crippen molar-refractivity contribution in [2.75, 3.05) is 6.61 Å². The fourth-order valence-corrected chi connectivity index (χ4v) is 1.19. The van der Waals surface area contributed by atoms with Gasteiger partial charge < -0.3 is 10.5 Å². The van der Waals surface area contributed by atoms with Crippen molar-refractivity contribution in [2.24, 2.45) is 5.73 Å². The zero-order valence-electron chi connectivity index (χ0n) is 8.57. The van der Waals surface area contributed by atoms with Gasteiger partial charge >= 0.3 is 0 Å². The van der Waals surface area contributed by atoms with Crippen molar-refractivity contribution in [1.29, 1.82) is 0 Å². The van der Waals surface area contributed by atoms with Crippen LogP contribution < -0.4 is 5.73 Å². The van der Waals surface area contributed by atoms with E-state index in [2.05, 4.69) is 12.1 Å². The second-order valence-corrected chi connectivity index (χ2v) is 3.11. The largest absolute Gasteiger partial charge is 0.373 e. The Labute approximate surface area is 85.4 Å². The lowest BCUT2D eigenvalue weighted by atomic mass is 10.1. The summed E-state index contributed by atoms with van der Waals surface area (Å²) in [6.07, 6.45) is 3.98. The maximum atomic E-state index is 5.54. The van der Waals surface area contributed by atoms with Crippen molar-refractivity contribution < 1.29 is 4.74 Å². The quantitative estimate of drug-likeness (QED) is 0.572. The molecular weight excluding hydrogens is 174 g/mol. The fourth-order valence-electron chi connectivity index (χ4n) is 1.19. The van der Waals surface area contributed by atoms with Crippen molar-refractivity contribution in [3.8, 4) is 0 Å². The van der Waals surface area contributed by atoms with Gasteiger partial charge in [0.05, 0.1) is 13.2 Å². The van der Waals surface area contributed by atoms with Crippen molar-refractivity contribution in [3.05, 3.63) is 47.5 Å². The average Bonchev–Trinajstić information content (AvgIpc) is 2.25. The van der Waals surface area contributed by atoms with E-state index in [9.17, 15) is 0 Å². The molecule has 0 aliphatic carbocycles. The highest BCUT2D eigenvalue weighted by atomic mass is 16.5. The zero-order valence-corrected chi connectivity index (χ0v) is 8.57. The first-order valence-electron chi connectivity index (χ1n) is 4.83. The molecule has 0 spiro atoms. The van der Waals surface area contributed by atoms with Crippen LogP contribution in [0.15, 0.2) is 36.4 Å². The van der Waals surface area contributed by atoms with E-state index >= 15 is 0 Å². The van der Waals surface area contributed by atoms with E-state index in [-0.39, 0.29) is 0 Å². The predicted molar refractivity (Wildman–Crippen MR) is 58.8 cm³/mol. The molecule has 2 N–H and O–H groups in total. The smallest absolute Gasteiger partial charge is 0.0721 e. The number of ether oxygens (including phenoxy) is 1. The third-order valence-corrected chi connectivity index (χ3v) is 1.95. The highest BCUT2D eigenvalue weighted by molar-refractivity contribution is 5.22. The second kappa shape index (κ2) is 6.35. The summed E-state index contributed by atoms with van der Waals surface area (Å²) in [5, 5.41) is 0. The van der Waals surface area contributed by atoms with Crippen molar-refractivity contribution in [3.63, 3.8) is 0 Å². The van der Waals surface area contributed by atoms with Crippen LogP contribution in [0.2, 0.25) is 0 Å². The molecule has 0 bridgehead atoms. The highest BCUT2D eigenvalue weighted by Crippen LogP contribution is 2.05. The minimum Gasteiger partial charge on any atom is -0.373 e. The SMILES string of the molecule is CC=CCOCc1cccc(CN)c1. The minimum atomic E-state index is 0.586. The van der Waals surface area contributed by atoms with Gasteiger partial charge in [0, 0.05) is 6.54 Å². The van der Waals surface area contributed by atoms with Gasteiger partial charge in [-0.3, -0.25) is 0 Å². The molecule has 1 aromatic rings. The van der Waals surface area contributed by atoms with Gasteiger partial charge in [-0.2, -0.15) is 0 Å². The average molecular weight is 191 g/mol. The standard InChI is InChI=1S/C12H17NO/c1-2-3-7-14-10-12-6-4-5-11(8-12)9-13/h2-6,8H,7,9-10,13H2,1H3. The molecule has 0 atom stereocenters. The third-order valence-electron chi connectivity index (χ3n) is 1.95. The number of benzene rings is 1. The molecule has 1 aromatic carbocycles. The number of hydrogen-bond donors (Lipinski definition) is 1. The van der Waals surface area contributed by atoms with Crippen LogP contribution in [-0.4, -0.2) is 6.61 Å². The van der Waals surface area contributed by atoms with Gasteiger partial charge in [0.25, 0.3) is 0 Å². The van der Waals surface area contributed by atoms with Gasteiger partial charge in [-0.05, 0) is 18.1 Å². The molecule has 0 saturated heterocycles. The van der Waals surface area contributed by atoms with Crippen LogP contribution in [0, 0.1) is 0 Å². The predicted octanol–water partition coefficient (Wildman–Crippen LogP) is 2.24. The molecule has 1 rings (SSSR count). The van der Waals surface area contributed by atoms with Gasteiger partial charge in [0.15, 0.2) is 0 Å². The summed E-state index contributed by atoms with van der Waals surface area (Å²) in [5.41, 5.74) is 7.87. The van der Waals surface area contributed by atoms with E-state index < -0.39 is 0 Å². The molecule has 0 heterocycles. The monoisotopic (exact) mass is 191 g/mol. The van der Waals surface area contributed by atoms with Crippen LogP contribution >= 0.6 is 0 Å². The summed E-state index contributed by atoms with van der Waals surface area (Å²) in [6, 6.07) is 8.16. The van der Waals surface area contributed by atoms with Gasteiger partial charge in [0.1, 0.15) is 0 Å². The summed E-state index contributed by atoms with van der Waals surface area (Å²) in [6.45, 7) is 3.89. The van der Waals surface area contributed by atoms with Crippen molar-refractivity contribution >= 4 is 0 Å². The third kappa shape index (κ3) is 3.73. The molecule has 0 aromatic heterocycles. The first-order valence-corrected chi connectivity index (χ1v) is 4.83. The Bertz CT molecular complexity index is 294. The molecule has 0 unspecified atom stereocenters. The Balaban J connectivity index is 2.42. The van der Waals surface area contributed by atoms with Gasteiger partial charge in [0.2, 0.25) is 0 Å². The summed E-state index contributed by atoms with van der Waals surface area (Å²) in [5.74, 6) is 0. The molecule has 76 valence electrons. The number of hydrogen-bond acceptors (Lipinski definition) is 2. The molecule has 0 radical (unpaired) electrons. The van der Waals surface area contributed by atoms with Crippen LogP contribution in [0.25, 0.3) is 0 Å². The molecule has 0 fully saturated rings. The molecular formula is C12H17NO. The minimum absolute atomic E-state index is 0.586. The Morgan fingerprint density at radius 2 is 2.14 bits per heavy atom. The summed E-state index contributed by atoms with van der Waals surface area (Å²) in [4.78, 5) is 0. The normalized spacial score (nSPS) is 11.0. The number of rotatable bonds is 5. The Morgan fingerprint density at radius 1 is 1.36 bits per heavy atom. The molecule has 0 aliphatic heterocycles. The Hall–Kier alpha value is -1.12. The van der Waals surface area contributed by atoms with Crippen LogP contribution in [0.1, 0.15) is 18.1 Å². The summed E-state index contributed by atoms with van der Waals surface area (Å²) < 4.78 is 5.43. The lowest BCUT2D eigenvalue weighted by molar-refractivity contribution is 0.148. The van der Waals surface area contributed by atoms with Crippen LogP contribution in [0.4, 0.5) is 0 Å². The summed E-state index contributed by atoms with van der Waals surface area (Å²) >= 11 is 0. The lowest BCUT2D eigenvalue weighted by Crippen LogP contribution is -1.98. The first kappa shape index (κ1) is 11.0. The topological polar surface area (TPSA) is 35.2 Å². The number of nitrogens with two attached hydrogens (primary N) is 1. The molecule has 0 saturated carbocycles. The maximum absolute atomic E-state index is 5.54. The maximum Gasteiger partial charge on any atom is 0.0721 e. The number of allylic oxidation sites excluding steroid dienone is 1. The van der Waals surface area contributed by atoms with Crippen LogP contribution in [0.5, 0.6) is 0 Å². The van der Waals surface area contributed by atoms with Crippen LogP contribution in [0.3, 0.4) is 0 Å². The van der Waals surface area contributed by atoms with Gasteiger partial charge in [-0.1, -0.05) is 36.4 Å². The molecule has 2 heteroatoms. The Kier molecular flexibility index (Phi) is 4.97. The molecule has 2 nitrogen and oxygen atoms in total. The Morgan fingerprint density at radius 3 is 2.86 bits per heavy atom. The van der Waals surface area contributed by atoms with Crippen molar-refractivity contribution in [2.45, 2.75) is 20.1 Å². The second-order valence-electron chi connectivity index (χ2n) is 3.11. The van der Waals surface area contributed by atoms with E-state index in [4.69, 9.17) is 10.5 Å². The summed E-state index contributed by atoms with van der Waals surface area (Å²) in [7, 11) is 0. The lowest BCUT2D eigenvalue weighted by Gasteiger charge is -2.03. The van der Waals surface area contributed by atoms with E-state index in [1.54, 1.807) is 0 Å². The zero-order chi connectivity index (χ0) is 10.2. The fraction of sp³-hybridized carbons (Fsp3) is 0.333. The van der Waals surface area contributed by atoms with E-state index in [0.29, 0.717) is 19.8 Å². The van der Waals surface area contributed by atoms with Gasteiger partial charge in [-0.25, -0.2) is 0 Å². The van der Waals surface area contributed by atoms with E-state index in [1.165, 1.54) is 5.56 Å². The van der Waals surface area contributed by atoms with Crippen LogP contribution in [-0.2, 0) is 17.9 Å². The van der Waals surface area contributed by atoms with Gasteiger partial charge in [-0.15, -0.1) is 0 Å². The van der Waals surface area contributed by atoms with E-state index in [0.717, 1.165) is 5.56 Å². The molecule has 14 heavy (non-hydrogen) atoms. The molecule has 0 aliphatic rings. The molecule has 0 amide bonds. The first-order chi connectivity index (χ1) is 6.86. The van der Waals surface area contributed by atoms with E-state index in [1.807, 2.05) is 31.2 Å². The van der Waals surface area contributed by atoms with Crippen molar-refractivity contribution in [1.82, 2.24) is 0 Å². The highest BCUT2D eigenvalue weighted by Gasteiger charge is 1.93.